The van der Waals surface area contributed by atoms with Crippen molar-refractivity contribution in [3.05, 3.63) is 11.6 Å². The highest BCUT2D eigenvalue weighted by Crippen LogP contribution is 2.64. The normalized spacial score (nSPS) is 42.9. The first-order chi connectivity index (χ1) is 14.7. The van der Waals surface area contributed by atoms with Crippen LogP contribution in [-0.4, -0.2) is 17.4 Å². The molecule has 9 atom stereocenters. The number of hydrogen-bond donors (Lipinski definition) is 1. The van der Waals surface area contributed by atoms with Crippen LogP contribution in [0.2, 0.25) is 0 Å². The SMILES string of the molecule is CC(C)CCC[C@H](C)[C@H]1CCC2C3CC=C4CC(OC(=O)O)CC[C@]4(C)C3CC(C)C21. The lowest BCUT2D eigenvalue weighted by Gasteiger charge is -2.57. The molecule has 4 aliphatic carbocycles. The van der Waals surface area contributed by atoms with Crippen LogP contribution in [0.15, 0.2) is 11.6 Å². The fourth-order valence-electron chi connectivity index (χ4n) is 8.72. The summed E-state index contributed by atoms with van der Waals surface area (Å²) in [6.07, 6.45) is 13.8. The van der Waals surface area contributed by atoms with E-state index in [4.69, 9.17) is 9.84 Å². The first-order valence-electron chi connectivity index (χ1n) is 13.3. The quantitative estimate of drug-likeness (QED) is 0.343. The molecule has 0 aromatic heterocycles. The zero-order valence-corrected chi connectivity index (χ0v) is 20.6. The first kappa shape index (κ1) is 23.2. The second kappa shape index (κ2) is 9.10. The van der Waals surface area contributed by atoms with E-state index in [-0.39, 0.29) is 11.5 Å². The van der Waals surface area contributed by atoms with Gasteiger partial charge in [-0.2, -0.15) is 0 Å². The van der Waals surface area contributed by atoms with Crippen molar-refractivity contribution in [2.45, 2.75) is 105 Å². The summed E-state index contributed by atoms with van der Waals surface area (Å²) in [7, 11) is 0. The van der Waals surface area contributed by atoms with Crippen LogP contribution in [0.4, 0.5) is 4.79 Å². The summed E-state index contributed by atoms with van der Waals surface area (Å²) in [6, 6.07) is 0. The maximum atomic E-state index is 11.0. The summed E-state index contributed by atoms with van der Waals surface area (Å²) in [4.78, 5) is 11.0. The average Bonchev–Trinajstić information content (AvgIpc) is 3.14. The smallest absolute Gasteiger partial charge is 0.450 e. The van der Waals surface area contributed by atoms with E-state index in [9.17, 15) is 4.79 Å². The van der Waals surface area contributed by atoms with Crippen LogP contribution in [0.5, 0.6) is 0 Å². The van der Waals surface area contributed by atoms with Crippen molar-refractivity contribution in [1.82, 2.24) is 0 Å². The van der Waals surface area contributed by atoms with Gasteiger partial charge in [-0.15, -0.1) is 0 Å². The summed E-state index contributed by atoms with van der Waals surface area (Å²) >= 11 is 0. The van der Waals surface area contributed by atoms with Crippen molar-refractivity contribution in [2.24, 2.45) is 52.8 Å². The molecule has 3 fully saturated rings. The minimum Gasteiger partial charge on any atom is -0.450 e. The molecule has 0 spiro atoms. The lowest BCUT2D eigenvalue weighted by atomic mass is 9.48. The molecular weight excluding hydrogens is 384 g/mol. The Bertz CT molecular complexity index is 682. The third-order valence-electron chi connectivity index (χ3n) is 10.2. The Hall–Kier alpha value is -0.990. The number of carbonyl (C=O) groups is 1. The lowest BCUT2D eigenvalue weighted by molar-refractivity contribution is -0.0454. The van der Waals surface area contributed by atoms with Gasteiger partial charge in [0.25, 0.3) is 0 Å². The molecule has 0 bridgehead atoms. The number of allylic oxidation sites excluding steroid dienone is 1. The van der Waals surface area contributed by atoms with Crippen molar-refractivity contribution < 1.29 is 14.6 Å². The zero-order valence-electron chi connectivity index (χ0n) is 20.6. The van der Waals surface area contributed by atoms with Gasteiger partial charge in [-0.05, 0) is 91.3 Å². The molecule has 0 amide bonds. The topological polar surface area (TPSA) is 46.5 Å². The largest absolute Gasteiger partial charge is 0.506 e. The second-order valence-electron chi connectivity index (χ2n) is 12.4. The fraction of sp³-hybridized carbons (Fsp3) is 0.893. The summed E-state index contributed by atoms with van der Waals surface area (Å²) in [5, 5.41) is 9.06. The van der Waals surface area contributed by atoms with E-state index in [0.29, 0.717) is 0 Å². The Morgan fingerprint density at radius 1 is 1.19 bits per heavy atom. The second-order valence-corrected chi connectivity index (χ2v) is 12.4. The van der Waals surface area contributed by atoms with Gasteiger partial charge < -0.3 is 9.84 Å². The molecule has 0 aromatic rings. The van der Waals surface area contributed by atoms with Gasteiger partial charge in [0, 0.05) is 6.42 Å². The summed E-state index contributed by atoms with van der Waals surface area (Å²) in [5.41, 5.74) is 1.77. The summed E-state index contributed by atoms with van der Waals surface area (Å²) in [5.74, 6) is 6.94. The maximum absolute atomic E-state index is 11.0. The minimum absolute atomic E-state index is 0.135. The van der Waals surface area contributed by atoms with E-state index in [1.165, 1.54) is 50.5 Å². The van der Waals surface area contributed by atoms with Crippen molar-refractivity contribution in [1.29, 1.82) is 0 Å². The Labute approximate surface area is 190 Å². The van der Waals surface area contributed by atoms with Crippen molar-refractivity contribution in [3.63, 3.8) is 0 Å². The molecule has 6 unspecified atom stereocenters. The van der Waals surface area contributed by atoms with Crippen LogP contribution in [0, 0.1) is 52.8 Å². The standard InChI is InChI=1S/C28H46O3/c1-17(2)7-6-8-18(3)22-11-12-24-23-10-9-20-16-21(31-27(29)30)13-14-28(20,5)25(23)15-19(4)26(22)24/h9,17-19,21-26H,6-8,10-16H2,1-5H3,(H,29,30)/t18-,19?,21?,22+,23?,24?,25?,26?,28-/m0/s1. The summed E-state index contributed by atoms with van der Waals surface area (Å²) < 4.78 is 5.17. The van der Waals surface area contributed by atoms with E-state index in [2.05, 4.69) is 40.7 Å². The highest BCUT2D eigenvalue weighted by Gasteiger charge is 2.56. The molecule has 3 heteroatoms. The van der Waals surface area contributed by atoms with Crippen LogP contribution < -0.4 is 0 Å². The molecular formula is C28H46O3. The van der Waals surface area contributed by atoms with Gasteiger partial charge in [0.05, 0.1) is 0 Å². The van der Waals surface area contributed by atoms with Crippen molar-refractivity contribution in [3.8, 4) is 0 Å². The van der Waals surface area contributed by atoms with E-state index < -0.39 is 6.16 Å². The Kier molecular flexibility index (Phi) is 6.80. The van der Waals surface area contributed by atoms with Crippen LogP contribution in [0.25, 0.3) is 0 Å². The first-order valence-corrected chi connectivity index (χ1v) is 13.3. The molecule has 3 saturated carbocycles. The predicted molar refractivity (Wildman–Crippen MR) is 126 cm³/mol. The van der Waals surface area contributed by atoms with E-state index >= 15 is 0 Å². The number of carboxylic acid groups (broad SMARTS) is 1. The van der Waals surface area contributed by atoms with Crippen molar-refractivity contribution >= 4 is 6.16 Å². The molecule has 3 nitrogen and oxygen atoms in total. The average molecular weight is 431 g/mol. The van der Waals surface area contributed by atoms with Gasteiger partial charge >= 0.3 is 6.16 Å². The van der Waals surface area contributed by atoms with Gasteiger partial charge in [-0.25, -0.2) is 4.79 Å². The molecule has 0 saturated heterocycles. The molecule has 4 rings (SSSR count). The van der Waals surface area contributed by atoms with Gasteiger partial charge in [0.1, 0.15) is 6.10 Å². The number of fused-ring (bicyclic) bond motifs is 5. The predicted octanol–water partition coefficient (Wildman–Crippen LogP) is 7.95. The molecule has 0 radical (unpaired) electrons. The molecule has 0 heterocycles. The van der Waals surface area contributed by atoms with Gasteiger partial charge in [-0.1, -0.05) is 65.5 Å². The minimum atomic E-state index is -1.11. The monoisotopic (exact) mass is 430 g/mol. The maximum Gasteiger partial charge on any atom is 0.506 e. The third-order valence-corrected chi connectivity index (χ3v) is 10.2. The highest BCUT2D eigenvalue weighted by molar-refractivity contribution is 5.57. The molecule has 4 aliphatic rings. The van der Waals surface area contributed by atoms with Crippen LogP contribution in [0.1, 0.15) is 98.8 Å². The van der Waals surface area contributed by atoms with Gasteiger partial charge in [0.2, 0.25) is 0 Å². The molecule has 1 N–H and O–H groups in total. The molecule has 31 heavy (non-hydrogen) atoms. The Balaban J connectivity index is 1.46. The number of hydrogen-bond acceptors (Lipinski definition) is 2. The van der Waals surface area contributed by atoms with E-state index in [1.54, 1.807) is 0 Å². The number of ether oxygens (including phenoxy) is 1. The van der Waals surface area contributed by atoms with Crippen LogP contribution in [-0.2, 0) is 4.74 Å². The van der Waals surface area contributed by atoms with Gasteiger partial charge in [0.15, 0.2) is 0 Å². The molecule has 176 valence electrons. The Morgan fingerprint density at radius 3 is 2.68 bits per heavy atom. The summed E-state index contributed by atoms with van der Waals surface area (Å²) in [6.45, 7) is 12.3. The van der Waals surface area contributed by atoms with Crippen LogP contribution in [0.3, 0.4) is 0 Å². The van der Waals surface area contributed by atoms with E-state index in [0.717, 1.165) is 66.6 Å². The van der Waals surface area contributed by atoms with Crippen LogP contribution >= 0.6 is 0 Å². The Morgan fingerprint density at radius 2 is 1.97 bits per heavy atom. The van der Waals surface area contributed by atoms with Gasteiger partial charge in [-0.3, -0.25) is 0 Å². The fourth-order valence-corrected chi connectivity index (χ4v) is 8.72. The number of rotatable bonds is 6. The van der Waals surface area contributed by atoms with E-state index in [1.807, 2.05) is 0 Å². The lowest BCUT2D eigenvalue weighted by Crippen LogP contribution is -2.50. The van der Waals surface area contributed by atoms with Crippen molar-refractivity contribution in [2.75, 3.05) is 0 Å². The third kappa shape index (κ3) is 4.44. The zero-order chi connectivity index (χ0) is 22.3. The molecule has 0 aliphatic heterocycles. The highest BCUT2D eigenvalue weighted by atomic mass is 16.7. The molecule has 0 aromatic carbocycles.